The molecule has 2 aromatic carbocycles. The molecule has 0 aliphatic heterocycles. The number of halogens is 14. The van der Waals surface area contributed by atoms with Crippen LogP contribution < -0.4 is 10.4 Å². The largest absolute Gasteiger partial charge is 0.433 e. The fraction of sp³-hybridized carbons (Fsp3) is 0.143. The third kappa shape index (κ3) is 6.53. The Hall–Kier alpha value is -6.20. The number of nitrogens with zero attached hydrogens (tertiary/aromatic N) is 6. The Bertz CT molecular complexity index is 2140. The van der Waals surface area contributed by atoms with Gasteiger partial charge < -0.3 is 0 Å². The van der Waals surface area contributed by atoms with Crippen molar-refractivity contribution in [2.45, 2.75) is 24.7 Å². The molecule has 1 heterocycles. The molecule has 244 valence electrons. The first kappa shape index (κ1) is 36.3. The van der Waals surface area contributed by atoms with Crippen LogP contribution in [-0.4, -0.2) is 4.98 Å². The highest BCUT2D eigenvalue weighted by Gasteiger charge is 2.43. The molecule has 1 aromatic heterocycles. The molecule has 3 rings (SSSR count). The van der Waals surface area contributed by atoms with E-state index in [9.17, 15) is 73.7 Å². The molecule has 0 saturated heterocycles. The van der Waals surface area contributed by atoms with Gasteiger partial charge in [-0.2, -0.15) is 79.0 Å². The Morgan fingerprint density at radius 1 is 0.479 bits per heavy atom. The third-order valence-electron chi connectivity index (χ3n) is 6.17. The lowest BCUT2D eigenvalue weighted by atomic mass is 9.90. The van der Waals surface area contributed by atoms with E-state index in [4.69, 9.17) is 5.26 Å². The zero-order valence-corrected chi connectivity index (χ0v) is 22.3. The Morgan fingerprint density at radius 2 is 0.792 bits per heavy atom. The fourth-order valence-electron chi connectivity index (χ4n) is 4.22. The molecule has 0 radical (unpaired) electrons. The van der Waals surface area contributed by atoms with Crippen LogP contribution in [0.4, 0.5) is 61.5 Å². The Morgan fingerprint density at radius 3 is 1.04 bits per heavy atom. The second-order valence-corrected chi connectivity index (χ2v) is 9.00. The molecule has 20 heteroatoms. The quantitative estimate of drug-likeness (QED) is 0.283. The second kappa shape index (κ2) is 12.2. The molecule has 0 atom stereocenters. The van der Waals surface area contributed by atoms with E-state index in [-0.39, 0.29) is 24.3 Å². The summed E-state index contributed by atoms with van der Waals surface area (Å²) in [7, 11) is 0. The third-order valence-corrected chi connectivity index (χ3v) is 6.17. The van der Waals surface area contributed by atoms with Crippen LogP contribution in [0.2, 0.25) is 0 Å². The van der Waals surface area contributed by atoms with Crippen molar-refractivity contribution in [3.63, 3.8) is 0 Å². The van der Waals surface area contributed by atoms with Crippen molar-refractivity contribution in [1.82, 2.24) is 4.98 Å². The van der Waals surface area contributed by atoms with Crippen LogP contribution in [-0.2, 0) is 24.7 Å². The molecule has 0 saturated carbocycles. The first-order valence-corrected chi connectivity index (χ1v) is 11.8. The number of benzene rings is 2. The summed E-state index contributed by atoms with van der Waals surface area (Å²) < 4.78 is 194. The van der Waals surface area contributed by atoms with Gasteiger partial charge in [-0.15, -0.1) is 0 Å². The van der Waals surface area contributed by atoms with Crippen molar-refractivity contribution in [2.75, 3.05) is 0 Å². The van der Waals surface area contributed by atoms with Crippen LogP contribution in [0.15, 0.2) is 24.3 Å². The lowest BCUT2D eigenvalue weighted by Crippen LogP contribution is -2.31. The molecular formula is C28H4F14N6. The molecule has 0 fully saturated rings. The van der Waals surface area contributed by atoms with E-state index in [0.717, 1.165) is 24.3 Å². The van der Waals surface area contributed by atoms with Crippen molar-refractivity contribution < 1.29 is 61.5 Å². The van der Waals surface area contributed by atoms with Gasteiger partial charge in [-0.05, 0) is 35.4 Å². The van der Waals surface area contributed by atoms with Gasteiger partial charge in [-0.3, -0.25) is 0 Å². The summed E-state index contributed by atoms with van der Waals surface area (Å²) in [5, 5.41) is 44.0. The van der Waals surface area contributed by atoms with Crippen LogP contribution in [0.25, 0.3) is 11.1 Å². The van der Waals surface area contributed by atoms with E-state index in [0.29, 0.717) is 6.07 Å². The maximum atomic E-state index is 15.9. The molecule has 6 nitrogen and oxygen atoms in total. The van der Waals surface area contributed by atoms with E-state index in [1.807, 2.05) is 0 Å². The number of aromatic nitrogens is 1. The molecule has 3 aromatic rings. The molecule has 0 amide bonds. The summed E-state index contributed by atoms with van der Waals surface area (Å²) >= 11 is 0. The van der Waals surface area contributed by atoms with E-state index in [1.54, 1.807) is 0 Å². The molecule has 0 unspecified atom stereocenters. The van der Waals surface area contributed by atoms with Gasteiger partial charge in [0.2, 0.25) is 0 Å². The number of nitriles is 5. The average molecular weight is 690 g/mol. The Kier molecular flexibility index (Phi) is 9.21. The first-order valence-electron chi connectivity index (χ1n) is 11.8. The van der Waals surface area contributed by atoms with Crippen molar-refractivity contribution in [1.29, 1.82) is 26.3 Å². The van der Waals surface area contributed by atoms with E-state index in [1.165, 1.54) is 0 Å². The number of hydrogen-bond donors (Lipinski definition) is 0. The van der Waals surface area contributed by atoms with E-state index < -0.39 is 108 Å². The zero-order valence-electron chi connectivity index (χ0n) is 22.3. The van der Waals surface area contributed by atoms with Crippen LogP contribution in [0.5, 0.6) is 0 Å². The number of hydrogen-bond acceptors (Lipinski definition) is 6. The smallest absolute Gasteiger partial charge is 0.239 e. The monoisotopic (exact) mass is 690 g/mol. The lowest BCUT2D eigenvalue weighted by Gasteiger charge is -2.17. The Balaban J connectivity index is 2.75. The molecule has 0 aliphatic carbocycles. The molecule has 0 bridgehead atoms. The summed E-state index contributed by atoms with van der Waals surface area (Å²) in [6.07, 6.45) is -22.8. The van der Waals surface area contributed by atoms with Crippen LogP contribution in [0, 0.1) is 68.3 Å². The summed E-state index contributed by atoms with van der Waals surface area (Å²) in [4.78, 5) is 2.37. The summed E-state index contributed by atoms with van der Waals surface area (Å²) in [6, 6.07) is 3.48. The highest BCUT2D eigenvalue weighted by molar-refractivity contribution is 5.82. The Labute approximate surface area is 256 Å². The number of pyridine rings is 1. The van der Waals surface area contributed by atoms with Crippen molar-refractivity contribution in [2.24, 2.45) is 0 Å². The van der Waals surface area contributed by atoms with Gasteiger partial charge >= 0.3 is 24.7 Å². The minimum Gasteiger partial charge on any atom is -0.239 e. The topological polar surface area (TPSA) is 132 Å². The van der Waals surface area contributed by atoms with Crippen LogP contribution >= 0.6 is 0 Å². The highest BCUT2D eigenvalue weighted by Crippen LogP contribution is 2.41. The molecule has 0 spiro atoms. The summed E-state index contributed by atoms with van der Waals surface area (Å²) in [5.74, 6) is -4.60. The predicted octanol–water partition coefficient (Wildman–Crippen LogP) is 6.50. The van der Waals surface area contributed by atoms with Crippen LogP contribution in [0.1, 0.15) is 50.3 Å². The fourth-order valence-corrected chi connectivity index (χ4v) is 4.22. The SMILES string of the molecule is N#C/C(c1cc(C(F)(F)F)nc(C(F)(F)F)c1)=c1\c(F)c(C#N)/c(=C(/C#N)c2cc(C(F)(F)F)c(C#N)c(C(F)(F)F)c2)c(F)c1C#N. The maximum absolute atomic E-state index is 15.9. The van der Waals surface area contributed by atoms with E-state index in [2.05, 4.69) is 4.98 Å². The highest BCUT2D eigenvalue weighted by atomic mass is 19.4. The van der Waals surface area contributed by atoms with Gasteiger partial charge in [0.05, 0.1) is 49.4 Å². The normalized spacial score (nSPS) is 13.4. The van der Waals surface area contributed by atoms with Crippen LogP contribution in [0.3, 0.4) is 0 Å². The minimum absolute atomic E-state index is 0.229. The maximum Gasteiger partial charge on any atom is 0.433 e. The molecule has 48 heavy (non-hydrogen) atoms. The predicted molar refractivity (Wildman–Crippen MR) is 127 cm³/mol. The van der Waals surface area contributed by atoms with E-state index >= 15 is 8.78 Å². The first-order chi connectivity index (χ1) is 22.0. The average Bonchev–Trinajstić information content (AvgIpc) is 2.97. The standard InChI is InChI=1S/C28H4F14N6/c29-23-16(9-47)22(13(6-44)11-3-19(27(37,38)39)48-20(4-11)28(40,41)42)24(30)15(8-46)21(23)12(5-43)10-1-17(25(31,32)33)14(7-45)18(2-10)26(34,35)36/h1-4H/b21-12+,22-13+. The zero-order chi connectivity index (χ0) is 36.7. The minimum atomic E-state index is -5.74. The number of rotatable bonds is 2. The van der Waals surface area contributed by atoms with Gasteiger partial charge in [0, 0.05) is 0 Å². The molecule has 0 N–H and O–H groups in total. The number of alkyl halides is 12. The van der Waals surface area contributed by atoms with Gasteiger partial charge in [0.15, 0.2) is 11.6 Å². The van der Waals surface area contributed by atoms with Crippen molar-refractivity contribution >= 4 is 11.1 Å². The molecule has 0 aliphatic rings. The van der Waals surface area contributed by atoms with Gasteiger partial charge in [-0.1, -0.05) is 0 Å². The summed E-state index contributed by atoms with van der Waals surface area (Å²) in [5.41, 5.74) is -21.2. The van der Waals surface area contributed by atoms with Crippen molar-refractivity contribution in [3.05, 3.63) is 96.7 Å². The van der Waals surface area contributed by atoms with Gasteiger partial charge in [-0.25, -0.2) is 13.8 Å². The summed E-state index contributed by atoms with van der Waals surface area (Å²) in [6.45, 7) is 0. The van der Waals surface area contributed by atoms with Gasteiger partial charge in [0.25, 0.3) is 0 Å². The van der Waals surface area contributed by atoms with Gasteiger partial charge in [0.1, 0.15) is 41.7 Å². The molecular weight excluding hydrogens is 686 g/mol. The van der Waals surface area contributed by atoms with Crippen molar-refractivity contribution in [3.8, 4) is 30.3 Å². The lowest BCUT2D eigenvalue weighted by molar-refractivity contribution is -0.150. The second-order valence-electron chi connectivity index (χ2n) is 9.00.